The Bertz CT molecular complexity index is 968. The smallest absolute Gasteiger partial charge is 0.243 e. The zero-order valence-corrected chi connectivity index (χ0v) is 25.5. The molecule has 1 fully saturated rings. The minimum Gasteiger partial charge on any atom is -0.358 e. The van der Waals surface area contributed by atoms with E-state index in [9.17, 15) is 14.4 Å². The molecule has 1 aliphatic heterocycles. The molecule has 39 heavy (non-hydrogen) atoms. The molecule has 2 atom stereocenters. The Morgan fingerprint density at radius 3 is 2.38 bits per heavy atom. The molecule has 0 saturated carbocycles. The number of nitrogens with zero attached hydrogens (tertiary/aromatic N) is 2. The maximum Gasteiger partial charge on any atom is 0.243 e. The summed E-state index contributed by atoms with van der Waals surface area (Å²) in [5, 5.41) is 5.63. The third-order valence-electron chi connectivity index (χ3n) is 6.28. The van der Waals surface area contributed by atoms with Crippen LogP contribution in [0.25, 0.3) is 10.4 Å². The number of unbranched alkanes of at least 4 members (excludes halogenated alkanes) is 3. The van der Waals surface area contributed by atoms with E-state index in [1.54, 1.807) is 16.2 Å². The molecule has 9 heteroatoms. The second kappa shape index (κ2) is 18.5. The van der Waals surface area contributed by atoms with E-state index in [0.717, 1.165) is 55.6 Å². The number of carbonyl (C=O) groups excluding carboxylic acids is 3. The van der Waals surface area contributed by atoms with Crippen molar-refractivity contribution in [1.82, 2.24) is 20.5 Å². The molecule has 218 valence electrons. The summed E-state index contributed by atoms with van der Waals surface area (Å²) in [5.74, 6) is -0.0746. The highest BCUT2D eigenvalue weighted by Crippen LogP contribution is 2.28. The van der Waals surface area contributed by atoms with Crippen molar-refractivity contribution >= 4 is 30.1 Å². The van der Waals surface area contributed by atoms with Gasteiger partial charge in [0.05, 0.1) is 22.1 Å². The van der Waals surface area contributed by atoms with Crippen molar-refractivity contribution in [2.45, 2.75) is 92.2 Å². The largest absolute Gasteiger partial charge is 0.358 e. The van der Waals surface area contributed by atoms with Crippen LogP contribution in [0.2, 0.25) is 0 Å². The van der Waals surface area contributed by atoms with Crippen molar-refractivity contribution in [1.29, 1.82) is 0 Å². The Labute approximate surface area is 239 Å². The molecule has 0 aliphatic carbocycles. The number of hydrogen-bond acceptors (Lipinski definition) is 6. The number of aryl methyl sites for hydroxylation is 1. The van der Waals surface area contributed by atoms with Crippen LogP contribution >= 0.6 is 11.3 Å². The number of carbonyl (C=O) groups is 3. The molecular weight excluding hydrogens is 510 g/mol. The Morgan fingerprint density at radius 1 is 1.21 bits per heavy atom. The normalized spacial score (nSPS) is 15.3. The minimum absolute atomic E-state index is 0.0746. The van der Waals surface area contributed by atoms with E-state index < -0.39 is 0 Å². The van der Waals surface area contributed by atoms with E-state index in [1.807, 2.05) is 31.5 Å². The molecule has 0 radical (unpaired) electrons. The zero-order chi connectivity index (χ0) is 29.3. The first kappa shape index (κ1) is 34.2. The SMILES string of the molecule is CC(C)(C)CNC=O.CCCCCCN.Cc1ncsc1-c1ccc(C(C)NC(=O)C2CCCN2C=O)cc1. The molecule has 3 amide bonds. The maximum absolute atomic E-state index is 12.4. The van der Waals surface area contributed by atoms with Gasteiger partial charge in [-0.25, -0.2) is 4.98 Å². The molecule has 4 N–H and O–H groups in total. The number of amides is 3. The fourth-order valence-corrected chi connectivity index (χ4v) is 4.82. The van der Waals surface area contributed by atoms with Crippen LogP contribution in [0, 0.1) is 12.3 Å². The second-order valence-electron chi connectivity index (χ2n) is 11.0. The molecule has 1 aromatic heterocycles. The predicted molar refractivity (Wildman–Crippen MR) is 161 cm³/mol. The van der Waals surface area contributed by atoms with Crippen LogP contribution < -0.4 is 16.4 Å². The first-order valence-corrected chi connectivity index (χ1v) is 14.8. The van der Waals surface area contributed by atoms with Crippen LogP contribution in [0.1, 0.15) is 90.4 Å². The van der Waals surface area contributed by atoms with Crippen molar-refractivity contribution in [3.05, 3.63) is 41.0 Å². The van der Waals surface area contributed by atoms with Crippen molar-refractivity contribution in [3.63, 3.8) is 0 Å². The number of nitrogens with one attached hydrogen (secondary N) is 2. The number of hydrogen-bond donors (Lipinski definition) is 3. The van der Waals surface area contributed by atoms with Crippen LogP contribution in [-0.4, -0.2) is 54.3 Å². The van der Waals surface area contributed by atoms with Crippen LogP contribution in [-0.2, 0) is 14.4 Å². The molecule has 2 unspecified atom stereocenters. The molecule has 2 heterocycles. The molecule has 2 aromatic rings. The quantitative estimate of drug-likeness (QED) is 0.258. The van der Waals surface area contributed by atoms with Crippen molar-refractivity contribution in [2.75, 3.05) is 19.6 Å². The van der Waals surface area contributed by atoms with Crippen LogP contribution in [0.5, 0.6) is 0 Å². The summed E-state index contributed by atoms with van der Waals surface area (Å²) >= 11 is 1.63. The van der Waals surface area contributed by atoms with Gasteiger partial charge in [0.15, 0.2) is 0 Å². The van der Waals surface area contributed by atoms with E-state index in [1.165, 1.54) is 30.6 Å². The molecular formula is C30H49N5O3S. The lowest BCUT2D eigenvalue weighted by Crippen LogP contribution is -2.43. The maximum atomic E-state index is 12.4. The Kier molecular flexibility index (Phi) is 16.2. The van der Waals surface area contributed by atoms with Gasteiger partial charge in [0.25, 0.3) is 0 Å². The highest BCUT2D eigenvalue weighted by atomic mass is 32.1. The van der Waals surface area contributed by atoms with E-state index in [2.05, 4.69) is 55.4 Å². The highest BCUT2D eigenvalue weighted by Gasteiger charge is 2.30. The Balaban J connectivity index is 0.000000419. The van der Waals surface area contributed by atoms with E-state index in [4.69, 9.17) is 5.73 Å². The minimum atomic E-state index is -0.330. The van der Waals surface area contributed by atoms with Gasteiger partial charge in [-0.1, -0.05) is 71.2 Å². The summed E-state index contributed by atoms with van der Waals surface area (Å²) in [4.78, 5) is 40.1. The van der Waals surface area contributed by atoms with Crippen molar-refractivity contribution in [2.24, 2.45) is 11.1 Å². The van der Waals surface area contributed by atoms with Gasteiger partial charge >= 0.3 is 0 Å². The summed E-state index contributed by atoms with van der Waals surface area (Å²) in [5.41, 5.74) is 10.5. The summed E-state index contributed by atoms with van der Waals surface area (Å²) in [6.45, 7) is 14.7. The van der Waals surface area contributed by atoms with Crippen molar-refractivity contribution < 1.29 is 14.4 Å². The summed E-state index contributed by atoms with van der Waals surface area (Å²) in [6.07, 6.45) is 8.28. The first-order valence-electron chi connectivity index (χ1n) is 14.0. The molecule has 1 saturated heterocycles. The van der Waals surface area contributed by atoms with E-state index in [-0.39, 0.29) is 23.4 Å². The third-order valence-corrected chi connectivity index (χ3v) is 7.26. The molecule has 1 aliphatic rings. The fourth-order valence-electron chi connectivity index (χ4n) is 4.01. The fraction of sp³-hybridized carbons (Fsp3) is 0.600. The van der Waals surface area contributed by atoms with Crippen LogP contribution in [0.3, 0.4) is 0 Å². The highest BCUT2D eigenvalue weighted by molar-refractivity contribution is 7.13. The van der Waals surface area contributed by atoms with Gasteiger partial charge in [-0.05, 0) is 56.2 Å². The molecule has 3 rings (SSSR count). The second-order valence-corrected chi connectivity index (χ2v) is 11.9. The lowest BCUT2D eigenvalue weighted by Gasteiger charge is -2.22. The van der Waals surface area contributed by atoms with Gasteiger partial charge in [-0.2, -0.15) is 0 Å². The van der Waals surface area contributed by atoms with Crippen molar-refractivity contribution in [3.8, 4) is 10.4 Å². The average Bonchev–Trinajstić information content (AvgIpc) is 3.57. The molecule has 1 aromatic carbocycles. The van der Waals surface area contributed by atoms with E-state index >= 15 is 0 Å². The third kappa shape index (κ3) is 13.2. The number of likely N-dealkylation sites (tertiary alicyclic amines) is 1. The van der Waals surface area contributed by atoms with Gasteiger partial charge in [-0.3, -0.25) is 14.4 Å². The van der Waals surface area contributed by atoms with E-state index in [0.29, 0.717) is 6.54 Å². The van der Waals surface area contributed by atoms with Crippen LogP contribution in [0.4, 0.5) is 0 Å². The monoisotopic (exact) mass is 559 g/mol. The predicted octanol–water partition coefficient (Wildman–Crippen LogP) is 5.22. The Morgan fingerprint density at radius 2 is 1.90 bits per heavy atom. The summed E-state index contributed by atoms with van der Waals surface area (Å²) in [7, 11) is 0. The number of rotatable bonds is 11. The number of aromatic nitrogens is 1. The van der Waals surface area contributed by atoms with Gasteiger partial charge in [0.2, 0.25) is 18.7 Å². The molecule has 0 spiro atoms. The molecule has 8 nitrogen and oxygen atoms in total. The van der Waals surface area contributed by atoms with Gasteiger partial charge in [0.1, 0.15) is 6.04 Å². The number of thiazole rings is 1. The first-order chi connectivity index (χ1) is 18.6. The Hall–Kier alpha value is -2.78. The molecule has 0 bridgehead atoms. The number of benzene rings is 1. The number of nitrogens with two attached hydrogens (primary N) is 1. The standard InChI is InChI=1S/C18H21N3O2S.C6H13NO.C6H15N/c1-12(20-18(23)16-4-3-9-21(16)11-22)14-5-7-15(8-6-14)17-13(2)19-10-24-17;1-6(2,3)4-7-5-8;1-2-3-4-5-6-7/h5-8,10-12,16H,3-4,9H2,1-2H3,(H,20,23);5H,4H2,1-3H3,(H,7,8);2-7H2,1H3. The topological polar surface area (TPSA) is 117 Å². The summed E-state index contributed by atoms with van der Waals surface area (Å²) < 4.78 is 0. The summed E-state index contributed by atoms with van der Waals surface area (Å²) in [6, 6.07) is 7.77. The van der Waals surface area contributed by atoms with Gasteiger partial charge < -0.3 is 21.3 Å². The zero-order valence-electron chi connectivity index (χ0n) is 24.7. The van der Waals surface area contributed by atoms with Gasteiger partial charge in [0, 0.05) is 13.1 Å². The van der Waals surface area contributed by atoms with Crippen LogP contribution in [0.15, 0.2) is 29.8 Å². The lowest BCUT2D eigenvalue weighted by molar-refractivity contribution is -0.131. The lowest BCUT2D eigenvalue weighted by atomic mass is 9.97. The average molecular weight is 560 g/mol. The van der Waals surface area contributed by atoms with Gasteiger partial charge in [-0.15, -0.1) is 11.3 Å².